The molecule has 0 fully saturated rings. The summed E-state index contributed by atoms with van der Waals surface area (Å²) in [6.07, 6.45) is 1.81. The lowest BCUT2D eigenvalue weighted by molar-refractivity contribution is -0.140. The van der Waals surface area contributed by atoms with Crippen LogP contribution in [-0.4, -0.2) is 12.6 Å². The van der Waals surface area contributed by atoms with Crippen molar-refractivity contribution in [2.24, 2.45) is 0 Å². The Balaban J connectivity index is 2.66. The number of rotatable bonds is 6. The van der Waals surface area contributed by atoms with Gasteiger partial charge in [0.2, 0.25) is 5.83 Å². The van der Waals surface area contributed by atoms with Crippen LogP contribution in [-0.2, 0) is 16.0 Å². The first-order valence-corrected chi connectivity index (χ1v) is 6.27. The van der Waals surface area contributed by atoms with Crippen LogP contribution < -0.4 is 0 Å². The van der Waals surface area contributed by atoms with Gasteiger partial charge < -0.3 is 4.74 Å². The van der Waals surface area contributed by atoms with Gasteiger partial charge in [-0.25, -0.2) is 4.79 Å². The highest BCUT2D eigenvalue weighted by Gasteiger charge is 2.15. The molecule has 0 aliphatic rings. The largest absolute Gasteiger partial charge is 0.461 e. The van der Waals surface area contributed by atoms with E-state index in [1.807, 2.05) is 37.3 Å². The summed E-state index contributed by atoms with van der Waals surface area (Å²) in [6.45, 7) is 3.71. The number of carbonyl (C=O) groups is 1. The summed E-state index contributed by atoms with van der Waals surface area (Å²) in [5, 5.41) is 0. The molecule has 0 aliphatic carbocycles. The van der Waals surface area contributed by atoms with Crippen molar-refractivity contribution in [2.45, 2.75) is 33.1 Å². The third-order valence-corrected chi connectivity index (χ3v) is 2.75. The van der Waals surface area contributed by atoms with E-state index in [2.05, 4.69) is 4.74 Å². The summed E-state index contributed by atoms with van der Waals surface area (Å²) in [7, 11) is 0. The van der Waals surface area contributed by atoms with Crippen molar-refractivity contribution in [1.29, 1.82) is 0 Å². The van der Waals surface area contributed by atoms with E-state index in [4.69, 9.17) is 0 Å². The van der Waals surface area contributed by atoms with Gasteiger partial charge in [0.25, 0.3) is 0 Å². The minimum absolute atomic E-state index is 0.196. The summed E-state index contributed by atoms with van der Waals surface area (Å²) < 4.78 is 18.4. The number of benzene rings is 1. The smallest absolute Gasteiger partial charge is 0.367 e. The molecule has 0 aliphatic heterocycles. The Labute approximate surface area is 107 Å². The summed E-state index contributed by atoms with van der Waals surface area (Å²) in [4.78, 5) is 11.3. The quantitative estimate of drug-likeness (QED) is 0.566. The minimum Gasteiger partial charge on any atom is -0.461 e. The first kappa shape index (κ1) is 14.4. The van der Waals surface area contributed by atoms with Crippen molar-refractivity contribution in [1.82, 2.24) is 0 Å². The predicted octanol–water partition coefficient (Wildman–Crippen LogP) is 3.82. The van der Waals surface area contributed by atoms with E-state index in [0.29, 0.717) is 18.4 Å². The molecular formula is C15H19FO2. The average Bonchev–Trinajstić information content (AvgIpc) is 2.40. The minimum atomic E-state index is -0.845. The van der Waals surface area contributed by atoms with Crippen LogP contribution >= 0.6 is 0 Å². The molecule has 0 unspecified atom stereocenters. The lowest BCUT2D eigenvalue weighted by Gasteiger charge is -2.07. The van der Waals surface area contributed by atoms with E-state index in [1.165, 1.54) is 0 Å². The fourth-order valence-corrected chi connectivity index (χ4v) is 1.72. The van der Waals surface area contributed by atoms with Gasteiger partial charge in [-0.1, -0.05) is 37.3 Å². The second-order valence-electron chi connectivity index (χ2n) is 3.98. The van der Waals surface area contributed by atoms with Crippen molar-refractivity contribution in [3.8, 4) is 0 Å². The Kier molecular flexibility index (Phi) is 6.12. The predicted molar refractivity (Wildman–Crippen MR) is 69.8 cm³/mol. The highest BCUT2D eigenvalue weighted by molar-refractivity contribution is 5.86. The van der Waals surface area contributed by atoms with Crippen molar-refractivity contribution in [3.05, 3.63) is 47.3 Å². The fraction of sp³-hybridized carbons (Fsp3) is 0.400. The molecule has 3 heteroatoms. The second-order valence-corrected chi connectivity index (χ2v) is 3.98. The van der Waals surface area contributed by atoms with Gasteiger partial charge in [0.05, 0.1) is 6.61 Å². The number of esters is 1. The van der Waals surface area contributed by atoms with Crippen LogP contribution in [0.25, 0.3) is 0 Å². The second kappa shape index (κ2) is 7.64. The highest BCUT2D eigenvalue weighted by atomic mass is 19.1. The van der Waals surface area contributed by atoms with E-state index in [9.17, 15) is 9.18 Å². The SMILES string of the molecule is CCOC(=O)/C(F)=C(/CC)CCc1ccccc1. The third-order valence-electron chi connectivity index (χ3n) is 2.75. The van der Waals surface area contributed by atoms with Crippen molar-refractivity contribution < 1.29 is 13.9 Å². The van der Waals surface area contributed by atoms with Crippen LogP contribution in [0.5, 0.6) is 0 Å². The molecule has 0 heterocycles. The molecule has 0 bridgehead atoms. The lowest BCUT2D eigenvalue weighted by Crippen LogP contribution is -2.07. The number of halogens is 1. The maximum absolute atomic E-state index is 13.8. The highest BCUT2D eigenvalue weighted by Crippen LogP contribution is 2.18. The molecule has 0 radical (unpaired) electrons. The van der Waals surface area contributed by atoms with Crippen LogP contribution in [0.3, 0.4) is 0 Å². The Bertz CT molecular complexity index is 410. The Morgan fingerprint density at radius 1 is 1.22 bits per heavy atom. The first-order valence-electron chi connectivity index (χ1n) is 6.27. The van der Waals surface area contributed by atoms with E-state index >= 15 is 0 Å². The van der Waals surface area contributed by atoms with E-state index in [0.717, 1.165) is 12.0 Å². The number of carbonyl (C=O) groups excluding carboxylic acids is 1. The molecule has 0 aromatic heterocycles. The Morgan fingerprint density at radius 2 is 1.89 bits per heavy atom. The van der Waals surface area contributed by atoms with Gasteiger partial charge in [0, 0.05) is 0 Å². The zero-order valence-corrected chi connectivity index (χ0v) is 10.9. The molecule has 1 aromatic carbocycles. The standard InChI is InChI=1S/C15H19FO2/c1-3-13(14(16)15(17)18-4-2)11-10-12-8-6-5-7-9-12/h5-9H,3-4,10-11H2,1-2H3/b14-13+. The summed E-state index contributed by atoms with van der Waals surface area (Å²) in [5.74, 6) is -1.57. The van der Waals surface area contributed by atoms with Crippen molar-refractivity contribution in [3.63, 3.8) is 0 Å². The third kappa shape index (κ3) is 4.32. The Morgan fingerprint density at radius 3 is 2.44 bits per heavy atom. The summed E-state index contributed by atoms with van der Waals surface area (Å²) in [5.41, 5.74) is 1.66. The molecule has 98 valence electrons. The van der Waals surface area contributed by atoms with Gasteiger partial charge in [-0.15, -0.1) is 0 Å². The first-order chi connectivity index (χ1) is 8.69. The van der Waals surface area contributed by atoms with E-state index in [-0.39, 0.29) is 6.61 Å². The molecule has 18 heavy (non-hydrogen) atoms. The molecule has 1 rings (SSSR count). The van der Waals surface area contributed by atoms with Gasteiger partial charge in [0.1, 0.15) is 0 Å². The van der Waals surface area contributed by atoms with Crippen molar-refractivity contribution in [2.75, 3.05) is 6.61 Å². The molecule has 0 saturated heterocycles. The maximum Gasteiger partial charge on any atom is 0.367 e. The van der Waals surface area contributed by atoms with Crippen LogP contribution in [0.15, 0.2) is 41.7 Å². The number of hydrogen-bond donors (Lipinski definition) is 0. The fourth-order valence-electron chi connectivity index (χ4n) is 1.72. The molecule has 0 spiro atoms. The molecule has 1 aromatic rings. The molecule has 0 saturated carbocycles. The zero-order valence-electron chi connectivity index (χ0n) is 10.9. The Hall–Kier alpha value is -1.64. The van der Waals surface area contributed by atoms with Crippen LogP contribution in [0.2, 0.25) is 0 Å². The molecule has 2 nitrogen and oxygen atoms in total. The monoisotopic (exact) mass is 250 g/mol. The van der Waals surface area contributed by atoms with Gasteiger partial charge in [-0.05, 0) is 37.3 Å². The molecular weight excluding hydrogens is 231 g/mol. The lowest BCUT2D eigenvalue weighted by atomic mass is 10.0. The number of allylic oxidation sites excluding steroid dienone is 1. The van der Waals surface area contributed by atoms with Gasteiger partial charge >= 0.3 is 5.97 Å². The van der Waals surface area contributed by atoms with Gasteiger partial charge in [-0.2, -0.15) is 4.39 Å². The van der Waals surface area contributed by atoms with Crippen molar-refractivity contribution >= 4 is 5.97 Å². The molecule has 0 amide bonds. The van der Waals surface area contributed by atoms with Gasteiger partial charge in [-0.3, -0.25) is 0 Å². The van der Waals surface area contributed by atoms with Crippen LogP contribution in [0.1, 0.15) is 32.3 Å². The zero-order chi connectivity index (χ0) is 13.4. The van der Waals surface area contributed by atoms with Crippen LogP contribution in [0, 0.1) is 0 Å². The molecule has 0 atom stereocenters. The van der Waals surface area contributed by atoms with Gasteiger partial charge in [0.15, 0.2) is 0 Å². The maximum atomic E-state index is 13.8. The van der Waals surface area contributed by atoms with E-state index in [1.54, 1.807) is 6.92 Å². The average molecular weight is 250 g/mol. The topological polar surface area (TPSA) is 26.3 Å². The molecule has 0 N–H and O–H groups in total. The number of hydrogen-bond acceptors (Lipinski definition) is 2. The normalized spacial score (nSPS) is 11.9. The number of aryl methyl sites for hydroxylation is 1. The summed E-state index contributed by atoms with van der Waals surface area (Å²) >= 11 is 0. The summed E-state index contributed by atoms with van der Waals surface area (Å²) in [6, 6.07) is 9.84. The van der Waals surface area contributed by atoms with E-state index < -0.39 is 11.8 Å². The van der Waals surface area contributed by atoms with Crippen LogP contribution in [0.4, 0.5) is 4.39 Å². The number of ether oxygens (including phenoxy) is 1.